The van der Waals surface area contributed by atoms with Crippen LogP contribution < -0.4 is 0 Å². The molecule has 0 bridgehead atoms. The maximum absolute atomic E-state index is 8.00. The molecule has 88 valence electrons. The normalized spacial score (nSPS) is 6.80. The minimum Gasteiger partial charge on any atom is -0.307 e. The summed E-state index contributed by atoms with van der Waals surface area (Å²) < 4.78 is 0. The molecule has 1 rings (SSSR count). The van der Waals surface area contributed by atoms with E-state index in [1.54, 1.807) is 0 Å². The third kappa shape index (κ3) is 12.9. The van der Waals surface area contributed by atoms with Crippen LogP contribution in [0.2, 0.25) is 0 Å². The van der Waals surface area contributed by atoms with Crippen molar-refractivity contribution in [2.24, 2.45) is 0 Å². The van der Waals surface area contributed by atoms with E-state index in [2.05, 4.69) is 38.1 Å². The van der Waals surface area contributed by atoms with E-state index in [4.69, 9.17) is 4.79 Å². The van der Waals surface area contributed by atoms with Gasteiger partial charge in [-0.25, -0.2) is 0 Å². The average molecular weight is 210 g/mol. The fraction of sp³-hybridized carbons (Fsp3) is 0.500. The smallest absolute Gasteiger partial charge is 0.106 e. The Hall–Kier alpha value is -1.11. The molecule has 15 heavy (non-hydrogen) atoms. The third-order valence-electron chi connectivity index (χ3n) is 1.53. The average Bonchev–Trinajstić information content (AvgIpc) is 2.38. The van der Waals surface area contributed by atoms with E-state index < -0.39 is 0 Å². The van der Waals surface area contributed by atoms with Crippen molar-refractivity contribution in [1.82, 2.24) is 0 Å². The van der Waals surface area contributed by atoms with Gasteiger partial charge in [0.15, 0.2) is 0 Å². The monoisotopic (exact) mass is 210 g/mol. The molecular formula is C14H26O. The van der Waals surface area contributed by atoms with E-state index in [1.807, 2.05) is 34.5 Å². The topological polar surface area (TPSA) is 17.1 Å². The van der Waals surface area contributed by atoms with Gasteiger partial charge in [0.2, 0.25) is 0 Å². The zero-order valence-corrected chi connectivity index (χ0v) is 11.1. The van der Waals surface area contributed by atoms with Crippen molar-refractivity contribution in [1.29, 1.82) is 0 Å². The lowest BCUT2D eigenvalue weighted by Gasteiger charge is -1.94. The first-order valence-corrected chi connectivity index (χ1v) is 5.67. The predicted molar refractivity (Wildman–Crippen MR) is 70.4 cm³/mol. The van der Waals surface area contributed by atoms with Gasteiger partial charge in [-0.2, -0.15) is 0 Å². The highest BCUT2D eigenvalue weighted by Gasteiger charge is 1.84. The summed E-state index contributed by atoms with van der Waals surface area (Å²) in [5.74, 6) is 0. The van der Waals surface area contributed by atoms with Gasteiger partial charge in [0.1, 0.15) is 6.79 Å². The number of aryl methyl sites for hydroxylation is 2. The zero-order valence-electron chi connectivity index (χ0n) is 11.1. The third-order valence-corrected chi connectivity index (χ3v) is 1.53. The molecule has 0 saturated heterocycles. The molecule has 1 aromatic carbocycles. The molecule has 1 heteroatoms. The predicted octanol–water partition coefficient (Wildman–Crippen LogP) is 4.42. The summed E-state index contributed by atoms with van der Waals surface area (Å²) in [6.45, 7) is 14.3. The molecule has 0 spiro atoms. The second-order valence-electron chi connectivity index (χ2n) is 2.34. The van der Waals surface area contributed by atoms with Gasteiger partial charge >= 0.3 is 0 Å². The highest BCUT2D eigenvalue weighted by atomic mass is 16.1. The molecule has 0 aromatic heterocycles. The molecule has 0 heterocycles. The summed E-state index contributed by atoms with van der Waals surface area (Å²) in [7, 11) is 0. The van der Waals surface area contributed by atoms with E-state index in [-0.39, 0.29) is 0 Å². The Morgan fingerprint density at radius 3 is 1.53 bits per heavy atom. The Morgan fingerprint density at radius 2 is 1.27 bits per heavy atom. The minimum atomic E-state index is 1.14. The van der Waals surface area contributed by atoms with Crippen molar-refractivity contribution in [2.75, 3.05) is 0 Å². The lowest BCUT2D eigenvalue weighted by molar-refractivity contribution is -0.0979. The molecule has 0 N–H and O–H groups in total. The largest absolute Gasteiger partial charge is 0.307 e. The second-order valence-corrected chi connectivity index (χ2v) is 2.34. The molecular weight excluding hydrogens is 184 g/mol. The molecule has 0 aliphatic rings. The quantitative estimate of drug-likeness (QED) is 0.670. The molecule has 0 amide bonds. The molecule has 1 nitrogen and oxygen atoms in total. The summed E-state index contributed by atoms with van der Waals surface area (Å²) in [6.07, 6.45) is 1.14. The zero-order chi connectivity index (χ0) is 12.7. The van der Waals surface area contributed by atoms with Gasteiger partial charge in [0.05, 0.1) is 0 Å². The van der Waals surface area contributed by atoms with Gasteiger partial charge in [-0.3, -0.25) is 0 Å². The highest BCUT2D eigenvalue weighted by Crippen LogP contribution is 2.02. The molecule has 1 aromatic rings. The van der Waals surface area contributed by atoms with Crippen LogP contribution in [-0.4, -0.2) is 6.79 Å². The van der Waals surface area contributed by atoms with Crippen LogP contribution in [0.25, 0.3) is 0 Å². The molecule has 0 aliphatic carbocycles. The van der Waals surface area contributed by atoms with E-state index in [9.17, 15) is 0 Å². The van der Waals surface area contributed by atoms with Crippen molar-refractivity contribution < 1.29 is 4.79 Å². The molecule has 0 saturated carbocycles. The summed E-state index contributed by atoms with van der Waals surface area (Å²) in [5, 5.41) is 0. The first-order chi connectivity index (χ1) is 7.33. The maximum atomic E-state index is 8.00. The second kappa shape index (κ2) is 18.6. The summed E-state index contributed by atoms with van der Waals surface area (Å²) in [6, 6.07) is 8.66. The number of benzene rings is 1. The van der Waals surface area contributed by atoms with Crippen molar-refractivity contribution in [3.05, 3.63) is 35.4 Å². The van der Waals surface area contributed by atoms with E-state index in [0.717, 1.165) is 6.42 Å². The van der Waals surface area contributed by atoms with Crippen LogP contribution in [0.3, 0.4) is 0 Å². The molecule has 0 unspecified atom stereocenters. The van der Waals surface area contributed by atoms with Crippen molar-refractivity contribution in [3.8, 4) is 0 Å². The van der Waals surface area contributed by atoms with E-state index >= 15 is 0 Å². The highest BCUT2D eigenvalue weighted by molar-refractivity contribution is 5.20. The Morgan fingerprint density at radius 1 is 0.933 bits per heavy atom. The standard InChI is InChI=1S/C9H12.2C2H6.CH2O/c1-3-9-6-4-8(2)5-7-9;3*1-2/h4-7H,3H2,1-2H3;2*1-2H3;1H2. The fourth-order valence-electron chi connectivity index (χ4n) is 0.824. The SMILES string of the molecule is C=O.CC.CC.CCc1ccc(C)cc1. The minimum absolute atomic E-state index is 1.14. The van der Waals surface area contributed by atoms with Gasteiger partial charge in [-0.05, 0) is 18.9 Å². The van der Waals surface area contributed by atoms with Gasteiger partial charge in [0.25, 0.3) is 0 Å². The van der Waals surface area contributed by atoms with Crippen LogP contribution >= 0.6 is 0 Å². The lowest BCUT2D eigenvalue weighted by atomic mass is 10.1. The van der Waals surface area contributed by atoms with Crippen LogP contribution in [-0.2, 0) is 11.2 Å². The fourth-order valence-corrected chi connectivity index (χ4v) is 0.824. The molecule has 0 aliphatic heterocycles. The molecule has 0 radical (unpaired) electrons. The van der Waals surface area contributed by atoms with Crippen LogP contribution in [0.5, 0.6) is 0 Å². The first kappa shape index (κ1) is 19.5. The maximum Gasteiger partial charge on any atom is 0.106 e. The van der Waals surface area contributed by atoms with Gasteiger partial charge in [-0.15, -0.1) is 0 Å². The molecule has 0 atom stereocenters. The summed E-state index contributed by atoms with van der Waals surface area (Å²) in [5.41, 5.74) is 2.76. The summed E-state index contributed by atoms with van der Waals surface area (Å²) >= 11 is 0. The van der Waals surface area contributed by atoms with Gasteiger partial charge in [-0.1, -0.05) is 64.4 Å². The molecule has 0 fully saturated rings. The summed E-state index contributed by atoms with van der Waals surface area (Å²) in [4.78, 5) is 8.00. The first-order valence-electron chi connectivity index (χ1n) is 5.67. The van der Waals surface area contributed by atoms with Crippen LogP contribution in [0, 0.1) is 6.92 Å². The van der Waals surface area contributed by atoms with Gasteiger partial charge < -0.3 is 4.79 Å². The van der Waals surface area contributed by atoms with Crippen molar-refractivity contribution in [3.63, 3.8) is 0 Å². The van der Waals surface area contributed by atoms with Gasteiger partial charge in [0, 0.05) is 0 Å². The Kier molecular flexibility index (Phi) is 24.2. The van der Waals surface area contributed by atoms with E-state index in [0.29, 0.717) is 0 Å². The number of rotatable bonds is 1. The Labute approximate surface area is 95.5 Å². The van der Waals surface area contributed by atoms with Crippen molar-refractivity contribution in [2.45, 2.75) is 48.0 Å². The number of carbonyl (C=O) groups is 1. The number of carbonyl (C=O) groups excluding carboxylic acids is 1. The van der Waals surface area contributed by atoms with Crippen LogP contribution in [0.1, 0.15) is 45.7 Å². The van der Waals surface area contributed by atoms with E-state index in [1.165, 1.54) is 11.1 Å². The van der Waals surface area contributed by atoms with Crippen LogP contribution in [0.4, 0.5) is 0 Å². The Balaban J connectivity index is -0.000000208. The number of hydrogen-bond acceptors (Lipinski definition) is 1. The number of hydrogen-bond donors (Lipinski definition) is 0. The van der Waals surface area contributed by atoms with Crippen LogP contribution in [0.15, 0.2) is 24.3 Å². The van der Waals surface area contributed by atoms with Crippen molar-refractivity contribution >= 4 is 6.79 Å². The Bertz CT molecular complexity index is 189. The lowest BCUT2D eigenvalue weighted by Crippen LogP contribution is -1.77.